The lowest BCUT2D eigenvalue weighted by Crippen LogP contribution is -2.57. The van der Waals surface area contributed by atoms with Gasteiger partial charge in [-0.3, -0.25) is 14.9 Å². The molecule has 3 aromatic heterocycles. The summed E-state index contributed by atoms with van der Waals surface area (Å²) in [6.07, 6.45) is 3.98. The van der Waals surface area contributed by atoms with Gasteiger partial charge in [-0.05, 0) is 24.1 Å². The second-order valence-electron chi connectivity index (χ2n) is 8.59. The Morgan fingerprint density at radius 2 is 2.00 bits per heavy atom. The molecule has 2 saturated heterocycles. The lowest BCUT2D eigenvalue weighted by atomic mass is 10.0. The van der Waals surface area contributed by atoms with Crippen molar-refractivity contribution in [2.45, 2.75) is 24.7 Å². The molecule has 0 amide bonds. The van der Waals surface area contributed by atoms with Crippen molar-refractivity contribution < 1.29 is 18.3 Å². The minimum Gasteiger partial charge on any atom is -0.479 e. The van der Waals surface area contributed by atoms with E-state index in [2.05, 4.69) is 30.3 Å². The molecule has 6 rings (SSSR count). The number of nitrogens with zero attached hydrogens (tertiary/aromatic N) is 6. The first-order valence-electron chi connectivity index (χ1n) is 11.2. The monoisotopic (exact) mass is 467 g/mol. The molecule has 2 fully saturated rings. The molecule has 2 atom stereocenters. The smallest absolute Gasteiger partial charge is 0.244 e. The Morgan fingerprint density at radius 3 is 2.74 bits per heavy atom. The molecule has 0 aliphatic carbocycles. The first kappa shape index (κ1) is 21.1. The zero-order chi connectivity index (χ0) is 23.2. The lowest BCUT2D eigenvalue weighted by Gasteiger charge is -2.42. The van der Waals surface area contributed by atoms with Crippen molar-refractivity contribution in [2.24, 2.45) is 0 Å². The number of halogens is 2. The molecule has 11 heteroatoms. The number of likely N-dealkylation sites (tertiary alicyclic amines) is 1. The number of alkyl halides is 1. The molecule has 34 heavy (non-hydrogen) atoms. The molecule has 0 radical (unpaired) electrons. The zero-order valence-corrected chi connectivity index (χ0v) is 18.5. The molecule has 2 aliphatic rings. The number of hydrogen-bond acceptors (Lipinski definition) is 8. The van der Waals surface area contributed by atoms with Crippen LogP contribution in [-0.2, 0) is 4.74 Å². The van der Waals surface area contributed by atoms with Crippen LogP contribution in [0.5, 0.6) is 5.88 Å². The maximum Gasteiger partial charge on any atom is 0.244 e. The Morgan fingerprint density at radius 1 is 1.18 bits per heavy atom. The Balaban J connectivity index is 1.32. The van der Waals surface area contributed by atoms with Crippen molar-refractivity contribution in [1.29, 1.82) is 0 Å². The Hall–Kier alpha value is -3.44. The van der Waals surface area contributed by atoms with Crippen LogP contribution in [-0.4, -0.2) is 81.1 Å². The summed E-state index contributed by atoms with van der Waals surface area (Å²) < 4.78 is 42.2. The standard InChI is InChI=1S/C23H23F2N7O2/c1-33-22-21-20(13-2-3-18-19(8-13)27-6-5-26-18)16(25)10-32(21)30-23(29-22)28-17-4-7-31(9-15(17)24)14-11-34-12-14/h2-3,5-6,8,10,14-15,17H,4,7,9,11-12H2,1H3,(H,28,30)/t15-,17+/m1/s1. The third kappa shape index (κ3) is 3.61. The van der Waals surface area contributed by atoms with Crippen molar-refractivity contribution in [2.75, 3.05) is 38.7 Å². The van der Waals surface area contributed by atoms with Crippen LogP contribution < -0.4 is 10.1 Å². The molecular weight excluding hydrogens is 444 g/mol. The number of fused-ring (bicyclic) bond motifs is 2. The van der Waals surface area contributed by atoms with Gasteiger partial charge in [-0.15, -0.1) is 5.10 Å². The first-order chi connectivity index (χ1) is 16.6. The number of benzene rings is 1. The predicted molar refractivity (Wildman–Crippen MR) is 121 cm³/mol. The molecule has 9 nitrogen and oxygen atoms in total. The SMILES string of the molecule is COc1nc(N[C@H]2CCN(C3COC3)C[C@H]2F)nn2cc(F)c(-c3ccc4nccnc4c3)c12. The second-order valence-corrected chi connectivity index (χ2v) is 8.59. The lowest BCUT2D eigenvalue weighted by molar-refractivity contribution is -0.0794. The van der Waals surface area contributed by atoms with Gasteiger partial charge in [0.15, 0.2) is 5.82 Å². The average Bonchev–Trinajstić information content (AvgIpc) is 3.14. The van der Waals surface area contributed by atoms with E-state index >= 15 is 4.39 Å². The molecule has 1 N–H and O–H groups in total. The minimum absolute atomic E-state index is 0.184. The molecule has 2 aliphatic heterocycles. The van der Waals surface area contributed by atoms with E-state index in [1.165, 1.54) is 17.8 Å². The highest BCUT2D eigenvalue weighted by Gasteiger charge is 2.35. The maximum atomic E-state index is 15.1. The number of anilines is 1. The number of rotatable bonds is 5. The van der Waals surface area contributed by atoms with Gasteiger partial charge in [0.1, 0.15) is 11.7 Å². The van der Waals surface area contributed by atoms with Crippen LogP contribution in [0, 0.1) is 5.82 Å². The summed E-state index contributed by atoms with van der Waals surface area (Å²) in [5, 5.41) is 7.50. The molecule has 0 bridgehead atoms. The summed E-state index contributed by atoms with van der Waals surface area (Å²) in [4.78, 5) is 15.1. The fourth-order valence-corrected chi connectivity index (χ4v) is 4.64. The van der Waals surface area contributed by atoms with Crippen molar-refractivity contribution in [3.63, 3.8) is 0 Å². The van der Waals surface area contributed by atoms with Crippen molar-refractivity contribution in [3.05, 3.63) is 42.6 Å². The van der Waals surface area contributed by atoms with Crippen LogP contribution >= 0.6 is 0 Å². The number of aromatic nitrogens is 5. The van der Waals surface area contributed by atoms with Crippen molar-refractivity contribution >= 4 is 22.5 Å². The highest BCUT2D eigenvalue weighted by molar-refractivity contribution is 5.89. The van der Waals surface area contributed by atoms with E-state index in [4.69, 9.17) is 9.47 Å². The normalized spacial score (nSPS) is 21.6. The van der Waals surface area contributed by atoms with Crippen molar-refractivity contribution in [1.82, 2.24) is 29.5 Å². The summed E-state index contributed by atoms with van der Waals surface area (Å²) in [5.74, 6) is -0.106. The van der Waals surface area contributed by atoms with Crippen LogP contribution in [0.15, 0.2) is 36.8 Å². The van der Waals surface area contributed by atoms with Gasteiger partial charge in [0, 0.05) is 25.5 Å². The fourth-order valence-electron chi connectivity index (χ4n) is 4.64. The highest BCUT2D eigenvalue weighted by Crippen LogP contribution is 2.35. The van der Waals surface area contributed by atoms with Crippen molar-refractivity contribution in [3.8, 4) is 17.0 Å². The van der Waals surface area contributed by atoms with Crippen LogP contribution in [0.4, 0.5) is 14.7 Å². The van der Waals surface area contributed by atoms with E-state index in [0.29, 0.717) is 59.9 Å². The van der Waals surface area contributed by atoms with Gasteiger partial charge in [-0.1, -0.05) is 6.07 Å². The van der Waals surface area contributed by atoms with E-state index in [0.717, 1.165) is 6.54 Å². The average molecular weight is 467 g/mol. The maximum absolute atomic E-state index is 15.1. The topological polar surface area (TPSA) is 89.7 Å². The summed E-state index contributed by atoms with van der Waals surface area (Å²) in [7, 11) is 1.46. The Labute approximate surface area is 193 Å². The molecular formula is C23H23F2N7O2. The number of nitrogens with one attached hydrogen (secondary N) is 1. The van der Waals surface area contributed by atoms with E-state index < -0.39 is 18.0 Å². The van der Waals surface area contributed by atoms with Crippen LogP contribution in [0.1, 0.15) is 6.42 Å². The molecule has 4 aromatic rings. The van der Waals surface area contributed by atoms with E-state index in [9.17, 15) is 4.39 Å². The van der Waals surface area contributed by atoms with Crippen LogP contribution in [0.25, 0.3) is 27.7 Å². The van der Waals surface area contributed by atoms with Crippen LogP contribution in [0.3, 0.4) is 0 Å². The predicted octanol–water partition coefficient (Wildman–Crippen LogP) is 2.71. The van der Waals surface area contributed by atoms with E-state index in [1.54, 1.807) is 30.6 Å². The van der Waals surface area contributed by atoms with Gasteiger partial charge in [-0.2, -0.15) is 4.98 Å². The number of hydrogen-bond donors (Lipinski definition) is 1. The number of ether oxygens (including phenoxy) is 2. The summed E-state index contributed by atoms with van der Waals surface area (Å²) >= 11 is 0. The molecule has 0 saturated carbocycles. The van der Waals surface area contributed by atoms with Gasteiger partial charge >= 0.3 is 0 Å². The van der Waals surface area contributed by atoms with Crippen LogP contribution in [0.2, 0.25) is 0 Å². The Bertz CT molecular complexity index is 1360. The third-order valence-electron chi connectivity index (χ3n) is 6.53. The summed E-state index contributed by atoms with van der Waals surface area (Å²) in [5.41, 5.74) is 2.64. The van der Waals surface area contributed by atoms with E-state index in [-0.39, 0.29) is 11.8 Å². The minimum atomic E-state index is -1.09. The first-order valence-corrected chi connectivity index (χ1v) is 11.2. The quantitative estimate of drug-likeness (QED) is 0.479. The molecule has 5 heterocycles. The number of piperidine rings is 1. The summed E-state index contributed by atoms with van der Waals surface area (Å²) in [6, 6.07) is 5.18. The molecule has 176 valence electrons. The number of methoxy groups -OCH3 is 1. The second kappa shape index (κ2) is 8.41. The summed E-state index contributed by atoms with van der Waals surface area (Å²) in [6.45, 7) is 2.41. The third-order valence-corrected chi connectivity index (χ3v) is 6.53. The van der Waals surface area contributed by atoms with Gasteiger partial charge in [0.2, 0.25) is 11.8 Å². The fraction of sp³-hybridized carbons (Fsp3) is 0.391. The largest absolute Gasteiger partial charge is 0.479 e. The van der Waals surface area contributed by atoms with Gasteiger partial charge in [0.05, 0.1) is 55.2 Å². The molecule has 0 unspecified atom stereocenters. The molecule has 0 spiro atoms. The van der Waals surface area contributed by atoms with Gasteiger partial charge in [-0.25, -0.2) is 13.3 Å². The van der Waals surface area contributed by atoms with E-state index in [1.807, 2.05) is 0 Å². The zero-order valence-electron chi connectivity index (χ0n) is 18.5. The molecule has 1 aromatic carbocycles. The Kier molecular flexibility index (Phi) is 5.22. The highest BCUT2D eigenvalue weighted by atomic mass is 19.1. The van der Waals surface area contributed by atoms with Gasteiger partial charge in [0.25, 0.3) is 0 Å². The van der Waals surface area contributed by atoms with Gasteiger partial charge < -0.3 is 14.8 Å².